The van der Waals surface area contributed by atoms with Crippen molar-refractivity contribution in [2.75, 3.05) is 25.0 Å². The Morgan fingerprint density at radius 2 is 1.52 bits per heavy atom. The zero-order valence-corrected chi connectivity index (χ0v) is 18.8. The van der Waals surface area contributed by atoms with Gasteiger partial charge in [-0.25, -0.2) is 14.6 Å². The molecule has 0 saturated heterocycles. The van der Waals surface area contributed by atoms with Gasteiger partial charge in [-0.3, -0.25) is 0 Å². The lowest BCUT2D eigenvalue weighted by Gasteiger charge is -2.26. The van der Waals surface area contributed by atoms with Crippen LogP contribution in [-0.4, -0.2) is 48.0 Å². The average molecular weight is 466 g/mol. The molecule has 3 aromatic rings. The first kappa shape index (κ1) is 24.0. The van der Waals surface area contributed by atoms with E-state index >= 15 is 0 Å². The Balaban J connectivity index is 0.000000454. The summed E-state index contributed by atoms with van der Waals surface area (Å²) < 4.78 is 0. The zero-order valence-electron chi connectivity index (χ0n) is 18.0. The maximum Gasteiger partial charge on any atom is 0.414 e. The number of halogens is 1. The second-order valence-electron chi connectivity index (χ2n) is 7.19. The topological polar surface area (TPSA) is 102 Å². The third kappa shape index (κ3) is 5.97. The van der Waals surface area contributed by atoms with Crippen LogP contribution in [0.2, 0.25) is 5.02 Å². The first-order valence-electron chi connectivity index (χ1n) is 10.3. The zero-order chi connectivity index (χ0) is 23.8. The summed E-state index contributed by atoms with van der Waals surface area (Å²) in [6, 6.07) is 24.8. The molecule has 1 aliphatic heterocycles. The van der Waals surface area contributed by atoms with Crippen LogP contribution in [0.15, 0.2) is 77.8 Å². The number of aliphatic imine (C=N–C) groups is 1. The number of aliphatic carboxylic acids is 2. The van der Waals surface area contributed by atoms with Crippen LogP contribution in [0.4, 0.5) is 17.1 Å². The fourth-order valence-corrected chi connectivity index (χ4v) is 3.62. The van der Waals surface area contributed by atoms with E-state index in [1.807, 2.05) is 37.4 Å². The lowest BCUT2D eigenvalue weighted by atomic mass is 10.00. The number of rotatable bonds is 5. The van der Waals surface area contributed by atoms with Gasteiger partial charge >= 0.3 is 11.9 Å². The van der Waals surface area contributed by atoms with Crippen LogP contribution < -0.4 is 10.2 Å². The number of para-hydroxylation sites is 3. The van der Waals surface area contributed by atoms with Crippen LogP contribution in [-0.2, 0) is 9.59 Å². The number of benzene rings is 3. The summed E-state index contributed by atoms with van der Waals surface area (Å²) in [7, 11) is 1.99. The summed E-state index contributed by atoms with van der Waals surface area (Å²) in [6.45, 7) is 1.91. The van der Waals surface area contributed by atoms with E-state index in [0.29, 0.717) is 0 Å². The van der Waals surface area contributed by atoms with E-state index in [2.05, 4.69) is 52.7 Å². The van der Waals surface area contributed by atoms with Crippen molar-refractivity contribution in [2.45, 2.75) is 6.42 Å². The van der Waals surface area contributed by atoms with Gasteiger partial charge in [-0.2, -0.15) is 0 Å². The molecular formula is C25H24ClN3O4. The molecule has 170 valence electrons. The minimum Gasteiger partial charge on any atom is -0.473 e. The number of carbonyl (C=O) groups is 2. The van der Waals surface area contributed by atoms with Crippen molar-refractivity contribution in [3.05, 3.63) is 88.9 Å². The van der Waals surface area contributed by atoms with Crippen LogP contribution in [0.3, 0.4) is 0 Å². The fourth-order valence-electron chi connectivity index (χ4n) is 3.49. The highest BCUT2D eigenvalue weighted by molar-refractivity contribution is 6.31. The van der Waals surface area contributed by atoms with Crippen LogP contribution >= 0.6 is 11.6 Å². The average Bonchev–Trinajstić information content (AvgIpc) is 2.95. The number of nitrogens with zero attached hydrogens (tertiary/aromatic N) is 2. The molecule has 0 saturated carbocycles. The third-order valence-electron chi connectivity index (χ3n) is 4.96. The highest BCUT2D eigenvalue weighted by atomic mass is 35.5. The summed E-state index contributed by atoms with van der Waals surface area (Å²) in [4.78, 5) is 25.7. The van der Waals surface area contributed by atoms with E-state index < -0.39 is 11.9 Å². The fraction of sp³-hybridized carbons (Fsp3) is 0.160. The third-order valence-corrected chi connectivity index (χ3v) is 5.22. The number of hydrogen-bond acceptors (Lipinski definition) is 5. The molecule has 4 rings (SSSR count). The number of nitrogens with one attached hydrogen (secondary N) is 1. The molecule has 0 atom stereocenters. The van der Waals surface area contributed by atoms with Crippen LogP contribution in [0.25, 0.3) is 0 Å². The summed E-state index contributed by atoms with van der Waals surface area (Å²) >= 11 is 6.10. The van der Waals surface area contributed by atoms with E-state index in [1.54, 1.807) is 0 Å². The molecule has 0 spiro atoms. The van der Waals surface area contributed by atoms with E-state index in [0.717, 1.165) is 52.7 Å². The number of carboxylic acid groups (broad SMARTS) is 2. The maximum atomic E-state index is 9.10. The minimum atomic E-state index is -1.82. The van der Waals surface area contributed by atoms with E-state index in [1.165, 1.54) is 5.69 Å². The second-order valence-corrected chi connectivity index (χ2v) is 7.63. The van der Waals surface area contributed by atoms with Crippen molar-refractivity contribution in [2.24, 2.45) is 4.99 Å². The molecule has 33 heavy (non-hydrogen) atoms. The summed E-state index contributed by atoms with van der Waals surface area (Å²) in [5.41, 5.74) is 6.51. The molecule has 0 amide bonds. The van der Waals surface area contributed by atoms with Crippen molar-refractivity contribution in [3.63, 3.8) is 0 Å². The first-order valence-corrected chi connectivity index (χ1v) is 10.7. The smallest absolute Gasteiger partial charge is 0.414 e. The Morgan fingerprint density at radius 3 is 2.15 bits per heavy atom. The monoisotopic (exact) mass is 465 g/mol. The van der Waals surface area contributed by atoms with Crippen molar-refractivity contribution in [3.8, 4) is 0 Å². The van der Waals surface area contributed by atoms with Gasteiger partial charge in [0.05, 0.1) is 22.8 Å². The standard InChI is InChI=1S/C23H22ClN3.C2H2O4/c1-25-15-6-16-27-21-9-4-2-7-19(21)23(17-11-13-18(24)14-12-17)26-20-8-3-5-10-22(20)27;3-1(4)2(5)6/h2-5,7-14,25H,6,15-16H2,1H3;(H,3,4)(H,5,6). The lowest BCUT2D eigenvalue weighted by molar-refractivity contribution is -0.159. The van der Waals surface area contributed by atoms with Crippen molar-refractivity contribution >= 4 is 46.3 Å². The lowest BCUT2D eigenvalue weighted by Crippen LogP contribution is -2.23. The Hall–Kier alpha value is -3.68. The molecule has 7 nitrogen and oxygen atoms in total. The summed E-state index contributed by atoms with van der Waals surface area (Å²) in [5, 5.41) is 18.8. The van der Waals surface area contributed by atoms with Gasteiger partial charge in [0.1, 0.15) is 0 Å². The normalized spacial score (nSPS) is 11.8. The van der Waals surface area contributed by atoms with Crippen molar-refractivity contribution in [1.82, 2.24) is 5.32 Å². The van der Waals surface area contributed by atoms with Gasteiger partial charge < -0.3 is 20.4 Å². The van der Waals surface area contributed by atoms with Gasteiger partial charge in [0.2, 0.25) is 0 Å². The Morgan fingerprint density at radius 1 is 0.909 bits per heavy atom. The Kier molecular flexibility index (Phi) is 8.18. The molecule has 0 bridgehead atoms. The predicted octanol–water partition coefficient (Wildman–Crippen LogP) is 4.73. The SMILES string of the molecule is CNCCCN1c2ccccc2N=C(c2ccc(Cl)cc2)c2ccccc21.O=C(O)C(=O)O. The van der Waals surface area contributed by atoms with Gasteiger partial charge in [-0.1, -0.05) is 54.1 Å². The number of carboxylic acids is 2. The van der Waals surface area contributed by atoms with Crippen molar-refractivity contribution < 1.29 is 19.8 Å². The molecule has 1 aliphatic rings. The molecule has 1 heterocycles. The number of anilines is 2. The first-order chi connectivity index (χ1) is 15.9. The van der Waals surface area contributed by atoms with Gasteiger partial charge in [0.15, 0.2) is 0 Å². The molecule has 0 aliphatic carbocycles. The highest BCUT2D eigenvalue weighted by Gasteiger charge is 2.23. The number of fused-ring (bicyclic) bond motifs is 2. The largest absolute Gasteiger partial charge is 0.473 e. The van der Waals surface area contributed by atoms with E-state index in [-0.39, 0.29) is 0 Å². The van der Waals surface area contributed by atoms with Crippen LogP contribution in [0, 0.1) is 0 Å². The molecule has 0 unspecified atom stereocenters. The van der Waals surface area contributed by atoms with Crippen molar-refractivity contribution in [1.29, 1.82) is 0 Å². The highest BCUT2D eigenvalue weighted by Crippen LogP contribution is 2.40. The molecular weight excluding hydrogens is 442 g/mol. The van der Waals surface area contributed by atoms with Gasteiger partial charge in [-0.05, 0) is 50.3 Å². The van der Waals surface area contributed by atoms with Crippen LogP contribution in [0.1, 0.15) is 17.5 Å². The summed E-state index contributed by atoms with van der Waals surface area (Å²) in [6.07, 6.45) is 1.05. The predicted molar refractivity (Wildman–Crippen MR) is 130 cm³/mol. The van der Waals surface area contributed by atoms with E-state index in [9.17, 15) is 0 Å². The van der Waals surface area contributed by atoms with Gasteiger partial charge in [0, 0.05) is 22.7 Å². The van der Waals surface area contributed by atoms with Gasteiger partial charge in [-0.15, -0.1) is 0 Å². The Labute approximate surface area is 197 Å². The second kappa shape index (κ2) is 11.3. The minimum absolute atomic E-state index is 0.732. The summed E-state index contributed by atoms with van der Waals surface area (Å²) in [5.74, 6) is -3.65. The molecule has 8 heteroatoms. The molecule has 0 radical (unpaired) electrons. The number of hydrogen-bond donors (Lipinski definition) is 3. The van der Waals surface area contributed by atoms with Gasteiger partial charge in [0.25, 0.3) is 0 Å². The molecule has 0 fully saturated rings. The molecule has 3 N–H and O–H groups in total. The Bertz CT molecular complexity index is 1150. The quantitative estimate of drug-likeness (QED) is 0.372. The van der Waals surface area contributed by atoms with E-state index in [4.69, 9.17) is 36.4 Å². The van der Waals surface area contributed by atoms with Crippen LogP contribution in [0.5, 0.6) is 0 Å². The maximum absolute atomic E-state index is 9.10. The molecule has 3 aromatic carbocycles. The molecule has 0 aromatic heterocycles.